The minimum Gasteiger partial charge on any atom is -0.497 e. The molecule has 134 valence electrons. The van der Waals surface area contributed by atoms with Crippen LogP contribution in [0.15, 0.2) is 77.6 Å². The number of hydrogen-bond acceptors (Lipinski definition) is 3. The number of aromatic amines is 1. The van der Waals surface area contributed by atoms with Crippen molar-refractivity contribution < 1.29 is 9.47 Å². The molecule has 0 saturated heterocycles. The van der Waals surface area contributed by atoms with Crippen LogP contribution >= 0.6 is 0 Å². The first-order valence-electron chi connectivity index (χ1n) is 8.65. The van der Waals surface area contributed by atoms with Gasteiger partial charge in [-0.25, -0.2) is 0 Å². The lowest BCUT2D eigenvalue weighted by Gasteiger charge is -2.14. The lowest BCUT2D eigenvalue weighted by molar-refractivity contribution is 0.414. The highest BCUT2D eigenvalue weighted by Crippen LogP contribution is 2.36. The lowest BCUT2D eigenvalue weighted by atomic mass is 9.94. The van der Waals surface area contributed by atoms with Crippen molar-refractivity contribution >= 4 is 10.8 Å². The number of ether oxygens (including phenoxy) is 2. The van der Waals surface area contributed by atoms with Gasteiger partial charge in [-0.3, -0.25) is 4.79 Å². The van der Waals surface area contributed by atoms with Gasteiger partial charge in [0, 0.05) is 10.9 Å². The fourth-order valence-electron chi connectivity index (χ4n) is 3.31. The predicted molar refractivity (Wildman–Crippen MR) is 109 cm³/mol. The Bertz CT molecular complexity index is 1140. The third kappa shape index (κ3) is 3.06. The van der Waals surface area contributed by atoms with Crippen LogP contribution in [0.3, 0.4) is 0 Å². The smallest absolute Gasteiger partial charge is 0.256 e. The summed E-state index contributed by atoms with van der Waals surface area (Å²) in [6.45, 7) is 0. The van der Waals surface area contributed by atoms with Crippen LogP contribution in [-0.2, 0) is 0 Å². The number of fused-ring (bicyclic) bond motifs is 1. The van der Waals surface area contributed by atoms with Crippen molar-refractivity contribution in [2.75, 3.05) is 14.2 Å². The zero-order valence-corrected chi connectivity index (χ0v) is 15.2. The molecule has 4 heteroatoms. The third-order valence-corrected chi connectivity index (χ3v) is 4.69. The number of benzene rings is 3. The van der Waals surface area contributed by atoms with E-state index in [0.717, 1.165) is 39.3 Å². The number of aromatic nitrogens is 1. The van der Waals surface area contributed by atoms with Gasteiger partial charge in [0.05, 0.1) is 19.9 Å². The molecule has 1 N–H and O–H groups in total. The van der Waals surface area contributed by atoms with Crippen molar-refractivity contribution in [3.63, 3.8) is 0 Å². The molecule has 0 unspecified atom stereocenters. The molecule has 4 rings (SSSR count). The van der Waals surface area contributed by atoms with Crippen LogP contribution in [0.1, 0.15) is 0 Å². The summed E-state index contributed by atoms with van der Waals surface area (Å²) in [6.07, 6.45) is 0. The van der Waals surface area contributed by atoms with E-state index in [1.54, 1.807) is 14.2 Å². The molecule has 0 aliphatic heterocycles. The van der Waals surface area contributed by atoms with Crippen LogP contribution in [0.2, 0.25) is 0 Å². The Morgan fingerprint density at radius 2 is 1.19 bits per heavy atom. The van der Waals surface area contributed by atoms with E-state index >= 15 is 0 Å². The Kier molecular flexibility index (Phi) is 4.38. The molecule has 0 bridgehead atoms. The molecule has 0 amide bonds. The molecule has 0 aliphatic rings. The molecule has 0 saturated carbocycles. The van der Waals surface area contributed by atoms with E-state index in [1.807, 2.05) is 72.8 Å². The zero-order chi connectivity index (χ0) is 18.8. The Balaban J connectivity index is 2.03. The topological polar surface area (TPSA) is 51.3 Å². The first-order valence-corrected chi connectivity index (χ1v) is 8.65. The molecule has 1 heterocycles. The number of hydrogen-bond donors (Lipinski definition) is 1. The summed E-state index contributed by atoms with van der Waals surface area (Å²) in [5.41, 5.74) is 3.59. The predicted octanol–water partition coefficient (Wildman–Crippen LogP) is 4.88. The van der Waals surface area contributed by atoms with Gasteiger partial charge in [-0.1, -0.05) is 30.3 Å². The third-order valence-electron chi connectivity index (χ3n) is 4.69. The molecule has 4 aromatic rings. The second-order valence-corrected chi connectivity index (χ2v) is 6.21. The van der Waals surface area contributed by atoms with Crippen LogP contribution in [0.4, 0.5) is 0 Å². The Labute approximate surface area is 157 Å². The highest BCUT2D eigenvalue weighted by atomic mass is 16.5. The fourth-order valence-corrected chi connectivity index (χ4v) is 3.31. The zero-order valence-electron chi connectivity index (χ0n) is 15.2. The molecule has 3 aromatic carbocycles. The van der Waals surface area contributed by atoms with Gasteiger partial charge in [-0.15, -0.1) is 0 Å². The molecule has 4 nitrogen and oxygen atoms in total. The number of H-pyrrole nitrogens is 1. The van der Waals surface area contributed by atoms with Crippen LogP contribution in [0.5, 0.6) is 11.5 Å². The van der Waals surface area contributed by atoms with Gasteiger partial charge in [-0.05, 0) is 59.0 Å². The van der Waals surface area contributed by atoms with E-state index in [0.29, 0.717) is 5.39 Å². The second kappa shape index (κ2) is 7.00. The second-order valence-electron chi connectivity index (χ2n) is 6.21. The normalized spacial score (nSPS) is 10.7. The van der Waals surface area contributed by atoms with Crippen LogP contribution in [-0.4, -0.2) is 19.2 Å². The van der Waals surface area contributed by atoms with Gasteiger partial charge < -0.3 is 14.5 Å². The van der Waals surface area contributed by atoms with Crippen LogP contribution < -0.4 is 15.0 Å². The van der Waals surface area contributed by atoms with E-state index in [1.165, 1.54) is 0 Å². The van der Waals surface area contributed by atoms with E-state index in [9.17, 15) is 4.79 Å². The summed E-state index contributed by atoms with van der Waals surface area (Å²) in [7, 11) is 3.28. The molecule has 1 aromatic heterocycles. The molecule has 27 heavy (non-hydrogen) atoms. The Hall–Kier alpha value is -3.53. The molecule has 0 fully saturated rings. The van der Waals surface area contributed by atoms with Crippen molar-refractivity contribution in [1.82, 2.24) is 4.98 Å². The van der Waals surface area contributed by atoms with Gasteiger partial charge in [-0.2, -0.15) is 0 Å². The largest absolute Gasteiger partial charge is 0.497 e. The maximum Gasteiger partial charge on any atom is 0.256 e. The average molecular weight is 357 g/mol. The average Bonchev–Trinajstić information content (AvgIpc) is 2.74. The summed E-state index contributed by atoms with van der Waals surface area (Å²) >= 11 is 0. The highest BCUT2D eigenvalue weighted by Gasteiger charge is 2.15. The summed E-state index contributed by atoms with van der Waals surface area (Å²) in [6, 6.07) is 23.2. The van der Waals surface area contributed by atoms with E-state index in [-0.39, 0.29) is 5.56 Å². The molecule has 0 radical (unpaired) electrons. The number of nitrogens with one attached hydrogen (secondary N) is 1. The molecular formula is C23H19NO3. The van der Waals surface area contributed by atoms with E-state index < -0.39 is 0 Å². The SMILES string of the molecule is COc1ccc(-c2[nH]c(=O)c3ccccc3c2-c2ccc(OC)cc2)cc1. The van der Waals surface area contributed by atoms with Crippen molar-refractivity contribution in [2.24, 2.45) is 0 Å². The number of rotatable bonds is 4. The first-order chi connectivity index (χ1) is 13.2. The monoisotopic (exact) mass is 357 g/mol. The Morgan fingerprint density at radius 3 is 1.74 bits per heavy atom. The van der Waals surface area contributed by atoms with E-state index in [4.69, 9.17) is 9.47 Å². The fraction of sp³-hybridized carbons (Fsp3) is 0.0870. The summed E-state index contributed by atoms with van der Waals surface area (Å²) in [5.74, 6) is 1.56. The number of methoxy groups -OCH3 is 2. The molecule has 0 spiro atoms. The van der Waals surface area contributed by atoms with Gasteiger partial charge in [0.15, 0.2) is 0 Å². The van der Waals surface area contributed by atoms with E-state index in [2.05, 4.69) is 4.98 Å². The standard InChI is InChI=1S/C23H19NO3/c1-26-17-11-7-15(8-12-17)21-19-5-3-4-6-20(19)23(25)24-22(21)16-9-13-18(27-2)14-10-16/h3-14H,1-2H3,(H,24,25). The maximum atomic E-state index is 12.7. The maximum absolute atomic E-state index is 12.7. The quantitative estimate of drug-likeness (QED) is 0.566. The summed E-state index contributed by atoms with van der Waals surface area (Å²) in [5, 5.41) is 1.58. The highest BCUT2D eigenvalue weighted by molar-refractivity contribution is 6.02. The number of pyridine rings is 1. The summed E-state index contributed by atoms with van der Waals surface area (Å²) in [4.78, 5) is 15.8. The molecule has 0 aliphatic carbocycles. The van der Waals surface area contributed by atoms with Gasteiger partial charge in [0.1, 0.15) is 11.5 Å². The molecular weight excluding hydrogens is 338 g/mol. The van der Waals surface area contributed by atoms with Crippen molar-refractivity contribution in [2.45, 2.75) is 0 Å². The van der Waals surface area contributed by atoms with Crippen molar-refractivity contribution in [3.8, 4) is 33.9 Å². The minimum atomic E-state index is -0.103. The van der Waals surface area contributed by atoms with Crippen LogP contribution in [0.25, 0.3) is 33.2 Å². The Morgan fingerprint density at radius 1 is 0.667 bits per heavy atom. The van der Waals surface area contributed by atoms with Gasteiger partial charge in [0.25, 0.3) is 5.56 Å². The van der Waals surface area contributed by atoms with Crippen molar-refractivity contribution in [3.05, 3.63) is 83.2 Å². The first kappa shape index (κ1) is 16.9. The van der Waals surface area contributed by atoms with Crippen molar-refractivity contribution in [1.29, 1.82) is 0 Å². The lowest BCUT2D eigenvalue weighted by Crippen LogP contribution is -2.09. The molecule has 0 atom stereocenters. The van der Waals surface area contributed by atoms with Gasteiger partial charge in [0.2, 0.25) is 0 Å². The van der Waals surface area contributed by atoms with Gasteiger partial charge >= 0.3 is 0 Å². The van der Waals surface area contributed by atoms with Crippen LogP contribution in [0, 0.1) is 0 Å². The minimum absolute atomic E-state index is 0.103. The summed E-state index contributed by atoms with van der Waals surface area (Å²) < 4.78 is 10.5.